The number of nitrogens with zero attached hydrogens (tertiary/aromatic N) is 2. The number of ether oxygens (including phenoxy) is 2. The van der Waals surface area contributed by atoms with Crippen molar-refractivity contribution < 1.29 is 9.47 Å². The van der Waals surface area contributed by atoms with Gasteiger partial charge in [0.15, 0.2) is 11.5 Å². The minimum Gasteiger partial charge on any atom is -0.493 e. The molecule has 0 amide bonds. The zero-order chi connectivity index (χ0) is 16.3. The molecule has 6 heteroatoms. The Hall–Kier alpha value is -2.34. The lowest BCUT2D eigenvalue weighted by atomic mass is 10.1. The number of hydrogen-bond donors (Lipinski definition) is 1. The molecule has 22 heavy (non-hydrogen) atoms. The lowest BCUT2D eigenvalue weighted by Gasteiger charge is -2.13. The van der Waals surface area contributed by atoms with Crippen LogP contribution in [0, 0.1) is 0 Å². The van der Waals surface area contributed by atoms with Crippen LogP contribution in [0.4, 0.5) is 0 Å². The molecule has 1 unspecified atom stereocenters. The molecule has 0 saturated carbocycles. The third-order valence-corrected chi connectivity index (χ3v) is 3.47. The van der Waals surface area contributed by atoms with E-state index in [1.165, 1.54) is 4.68 Å². The van der Waals surface area contributed by atoms with E-state index < -0.39 is 0 Å². The van der Waals surface area contributed by atoms with E-state index >= 15 is 0 Å². The Balaban J connectivity index is 2.62. The topological polar surface area (TPSA) is 79.4 Å². The Bertz CT molecular complexity index is 723. The largest absolute Gasteiger partial charge is 0.493 e. The van der Waals surface area contributed by atoms with E-state index in [2.05, 4.69) is 5.10 Å². The molecule has 118 valence electrons. The van der Waals surface area contributed by atoms with E-state index in [0.717, 1.165) is 5.56 Å². The molecular weight excluding hydrogens is 282 g/mol. The van der Waals surface area contributed by atoms with Gasteiger partial charge in [0.1, 0.15) is 0 Å². The van der Waals surface area contributed by atoms with Crippen LogP contribution in [-0.2, 0) is 6.54 Å². The summed E-state index contributed by atoms with van der Waals surface area (Å²) in [6.45, 7) is 4.15. The first kappa shape index (κ1) is 16.0. The van der Waals surface area contributed by atoms with Crippen LogP contribution in [0.3, 0.4) is 0 Å². The van der Waals surface area contributed by atoms with E-state index in [-0.39, 0.29) is 11.6 Å². The molecule has 2 rings (SSSR count). The zero-order valence-corrected chi connectivity index (χ0v) is 13.3. The number of rotatable bonds is 5. The standard InChI is InChI=1S/C16H21N3O3/c1-5-19-16(20)12(10(2)17)9-13(18-19)11-6-7-14(21-3)15(8-11)22-4/h6-10H,5,17H2,1-4H3. The molecule has 1 aromatic heterocycles. The highest BCUT2D eigenvalue weighted by Crippen LogP contribution is 2.31. The van der Waals surface area contributed by atoms with Crippen molar-refractivity contribution in [2.45, 2.75) is 26.4 Å². The first-order valence-electron chi connectivity index (χ1n) is 7.11. The second-order valence-corrected chi connectivity index (χ2v) is 4.96. The Morgan fingerprint density at radius 1 is 1.23 bits per heavy atom. The summed E-state index contributed by atoms with van der Waals surface area (Å²) in [7, 11) is 3.16. The van der Waals surface area contributed by atoms with Crippen molar-refractivity contribution in [3.05, 3.63) is 40.2 Å². The molecule has 0 saturated heterocycles. The first-order valence-corrected chi connectivity index (χ1v) is 7.11. The Labute approximate surface area is 129 Å². The summed E-state index contributed by atoms with van der Waals surface area (Å²) in [5, 5.41) is 4.39. The van der Waals surface area contributed by atoms with Gasteiger partial charge in [-0.2, -0.15) is 5.10 Å². The molecule has 0 radical (unpaired) electrons. The third-order valence-electron chi connectivity index (χ3n) is 3.47. The van der Waals surface area contributed by atoms with Crippen molar-refractivity contribution in [3.63, 3.8) is 0 Å². The number of methoxy groups -OCH3 is 2. The summed E-state index contributed by atoms with van der Waals surface area (Å²) < 4.78 is 12.0. The van der Waals surface area contributed by atoms with Gasteiger partial charge in [0.05, 0.1) is 19.9 Å². The van der Waals surface area contributed by atoms with Gasteiger partial charge in [0.25, 0.3) is 5.56 Å². The predicted octanol–water partition coefficient (Wildman–Crippen LogP) is 1.97. The first-order chi connectivity index (χ1) is 10.5. The van der Waals surface area contributed by atoms with Crippen LogP contribution in [0.1, 0.15) is 25.5 Å². The van der Waals surface area contributed by atoms with E-state index in [9.17, 15) is 4.79 Å². The molecule has 1 atom stereocenters. The highest BCUT2D eigenvalue weighted by Gasteiger charge is 2.14. The minimum atomic E-state index is -0.354. The normalized spacial score (nSPS) is 12.0. The van der Waals surface area contributed by atoms with Crippen LogP contribution >= 0.6 is 0 Å². The molecule has 2 aromatic rings. The second-order valence-electron chi connectivity index (χ2n) is 4.96. The van der Waals surface area contributed by atoms with Crippen LogP contribution in [0.15, 0.2) is 29.1 Å². The highest BCUT2D eigenvalue weighted by atomic mass is 16.5. The summed E-state index contributed by atoms with van der Waals surface area (Å²) in [6, 6.07) is 6.89. The van der Waals surface area contributed by atoms with Gasteiger partial charge in [0.2, 0.25) is 0 Å². The molecule has 0 aliphatic carbocycles. The summed E-state index contributed by atoms with van der Waals surface area (Å²) in [6.07, 6.45) is 0. The van der Waals surface area contributed by atoms with Gasteiger partial charge in [-0.15, -0.1) is 0 Å². The number of aromatic nitrogens is 2. The van der Waals surface area contributed by atoms with Crippen molar-refractivity contribution in [1.29, 1.82) is 0 Å². The van der Waals surface area contributed by atoms with Gasteiger partial charge in [-0.25, -0.2) is 4.68 Å². The Morgan fingerprint density at radius 2 is 1.91 bits per heavy atom. The van der Waals surface area contributed by atoms with Gasteiger partial charge in [-0.3, -0.25) is 4.79 Å². The SMILES string of the molecule is CCn1nc(-c2ccc(OC)c(OC)c2)cc(C(C)N)c1=O. The molecule has 2 N–H and O–H groups in total. The molecule has 0 aliphatic heterocycles. The van der Waals surface area contributed by atoms with Crippen LogP contribution in [0.25, 0.3) is 11.3 Å². The number of hydrogen-bond acceptors (Lipinski definition) is 5. The zero-order valence-electron chi connectivity index (χ0n) is 13.3. The maximum absolute atomic E-state index is 12.2. The Morgan fingerprint density at radius 3 is 2.45 bits per heavy atom. The van der Waals surface area contributed by atoms with Crippen molar-refractivity contribution in [1.82, 2.24) is 9.78 Å². The molecule has 0 fully saturated rings. The average Bonchev–Trinajstić information content (AvgIpc) is 2.54. The second kappa shape index (κ2) is 6.62. The van der Waals surface area contributed by atoms with Gasteiger partial charge in [0, 0.05) is 23.7 Å². The molecule has 0 aliphatic rings. The van der Waals surface area contributed by atoms with Gasteiger partial charge < -0.3 is 15.2 Å². The molecule has 1 heterocycles. The van der Waals surface area contributed by atoms with Gasteiger partial charge in [-0.1, -0.05) is 0 Å². The van der Waals surface area contributed by atoms with E-state index in [1.54, 1.807) is 27.2 Å². The molecule has 6 nitrogen and oxygen atoms in total. The van der Waals surface area contributed by atoms with Crippen LogP contribution in [0.2, 0.25) is 0 Å². The Kier molecular flexibility index (Phi) is 4.82. The molecule has 1 aromatic carbocycles. The van der Waals surface area contributed by atoms with Crippen molar-refractivity contribution >= 4 is 0 Å². The quantitative estimate of drug-likeness (QED) is 0.913. The summed E-state index contributed by atoms with van der Waals surface area (Å²) in [5.74, 6) is 1.25. The van der Waals surface area contributed by atoms with E-state index in [0.29, 0.717) is 29.3 Å². The van der Waals surface area contributed by atoms with Crippen molar-refractivity contribution in [3.8, 4) is 22.8 Å². The average molecular weight is 303 g/mol. The smallest absolute Gasteiger partial charge is 0.271 e. The van der Waals surface area contributed by atoms with Crippen LogP contribution in [-0.4, -0.2) is 24.0 Å². The monoisotopic (exact) mass is 303 g/mol. The summed E-state index contributed by atoms with van der Waals surface area (Å²) >= 11 is 0. The molecule has 0 spiro atoms. The fourth-order valence-corrected chi connectivity index (χ4v) is 2.24. The lowest BCUT2D eigenvalue weighted by Crippen LogP contribution is -2.29. The fraction of sp³-hybridized carbons (Fsp3) is 0.375. The predicted molar refractivity (Wildman–Crippen MR) is 85.3 cm³/mol. The molecule has 0 bridgehead atoms. The molecular formula is C16H21N3O3. The fourth-order valence-electron chi connectivity index (χ4n) is 2.24. The van der Waals surface area contributed by atoms with Gasteiger partial charge in [-0.05, 0) is 38.1 Å². The van der Waals surface area contributed by atoms with Gasteiger partial charge >= 0.3 is 0 Å². The van der Waals surface area contributed by atoms with E-state index in [4.69, 9.17) is 15.2 Å². The number of benzene rings is 1. The maximum Gasteiger partial charge on any atom is 0.271 e. The van der Waals surface area contributed by atoms with Crippen LogP contribution in [0.5, 0.6) is 11.5 Å². The van der Waals surface area contributed by atoms with Crippen LogP contribution < -0.4 is 20.8 Å². The number of nitrogens with two attached hydrogens (primary N) is 1. The summed E-state index contributed by atoms with van der Waals surface area (Å²) in [5.41, 5.74) is 7.80. The van der Waals surface area contributed by atoms with Crippen molar-refractivity contribution in [2.75, 3.05) is 14.2 Å². The maximum atomic E-state index is 12.2. The number of aryl methyl sites for hydroxylation is 1. The minimum absolute atomic E-state index is 0.151. The summed E-state index contributed by atoms with van der Waals surface area (Å²) in [4.78, 5) is 12.2. The highest BCUT2D eigenvalue weighted by molar-refractivity contribution is 5.64. The third kappa shape index (κ3) is 2.96. The van der Waals surface area contributed by atoms with Crippen molar-refractivity contribution in [2.24, 2.45) is 5.73 Å². The van der Waals surface area contributed by atoms with E-state index in [1.807, 2.05) is 25.1 Å². The lowest BCUT2D eigenvalue weighted by molar-refractivity contribution is 0.355.